The molecule has 0 radical (unpaired) electrons. The highest BCUT2D eigenvalue weighted by molar-refractivity contribution is 5.89. The SMILES string of the molecule is O=C1CCC[C@H]2CN(C(=O)O)[C@@H]12. The summed E-state index contributed by atoms with van der Waals surface area (Å²) in [4.78, 5) is 23.1. The molecule has 2 atom stereocenters. The Morgan fingerprint density at radius 3 is 2.92 bits per heavy atom. The Kier molecular flexibility index (Phi) is 1.56. The van der Waals surface area contributed by atoms with E-state index in [0.717, 1.165) is 12.8 Å². The standard InChI is InChI=1S/C8H11NO3/c10-6-3-1-2-5-4-9(7(5)6)8(11)12/h5,7H,1-4H2,(H,11,12)/t5-,7+/m0/s1. The van der Waals surface area contributed by atoms with Crippen molar-refractivity contribution in [2.45, 2.75) is 25.3 Å². The number of carbonyl (C=O) groups excluding carboxylic acids is 1. The van der Waals surface area contributed by atoms with Crippen molar-refractivity contribution < 1.29 is 14.7 Å². The van der Waals surface area contributed by atoms with Crippen LogP contribution in [0.2, 0.25) is 0 Å². The van der Waals surface area contributed by atoms with Gasteiger partial charge in [-0.3, -0.25) is 9.69 Å². The van der Waals surface area contributed by atoms with Crippen LogP contribution in [-0.4, -0.2) is 34.5 Å². The lowest BCUT2D eigenvalue weighted by atomic mass is 9.76. The van der Waals surface area contributed by atoms with Crippen molar-refractivity contribution in [1.29, 1.82) is 0 Å². The van der Waals surface area contributed by atoms with Crippen LogP contribution in [0.25, 0.3) is 0 Å². The van der Waals surface area contributed by atoms with Gasteiger partial charge in [0, 0.05) is 18.9 Å². The van der Waals surface area contributed by atoms with E-state index in [0.29, 0.717) is 18.9 Å². The van der Waals surface area contributed by atoms with Crippen LogP contribution in [0.15, 0.2) is 0 Å². The first kappa shape index (κ1) is 7.58. The average Bonchev–Trinajstić information content (AvgIpc) is 1.91. The summed E-state index contributed by atoms with van der Waals surface area (Å²) in [7, 11) is 0. The first-order chi connectivity index (χ1) is 5.70. The largest absolute Gasteiger partial charge is 0.465 e. The number of Topliss-reactive ketones (excluding diaryl/α,β-unsaturated/α-hetero) is 1. The maximum atomic E-state index is 11.3. The van der Waals surface area contributed by atoms with Crippen molar-refractivity contribution in [1.82, 2.24) is 4.90 Å². The van der Waals surface area contributed by atoms with E-state index in [9.17, 15) is 9.59 Å². The molecule has 2 fully saturated rings. The second-order valence-corrected chi connectivity index (χ2v) is 3.50. The molecule has 1 saturated heterocycles. The molecule has 4 heteroatoms. The van der Waals surface area contributed by atoms with E-state index in [2.05, 4.69) is 0 Å². The van der Waals surface area contributed by atoms with Crippen molar-refractivity contribution in [3.8, 4) is 0 Å². The van der Waals surface area contributed by atoms with Gasteiger partial charge in [0.05, 0.1) is 6.04 Å². The van der Waals surface area contributed by atoms with Gasteiger partial charge in [-0.25, -0.2) is 4.79 Å². The summed E-state index contributed by atoms with van der Waals surface area (Å²) in [6, 6.07) is -0.295. The molecule has 1 saturated carbocycles. The predicted molar refractivity (Wildman–Crippen MR) is 40.9 cm³/mol. The minimum atomic E-state index is -0.952. The van der Waals surface area contributed by atoms with Gasteiger partial charge < -0.3 is 5.11 Å². The van der Waals surface area contributed by atoms with Gasteiger partial charge in [0.25, 0.3) is 0 Å². The van der Waals surface area contributed by atoms with Crippen LogP contribution < -0.4 is 0 Å². The Morgan fingerprint density at radius 1 is 1.58 bits per heavy atom. The normalized spacial score (nSPS) is 34.0. The van der Waals surface area contributed by atoms with E-state index in [1.54, 1.807) is 0 Å². The van der Waals surface area contributed by atoms with Gasteiger partial charge in [-0.05, 0) is 12.8 Å². The van der Waals surface area contributed by atoms with Gasteiger partial charge in [-0.15, -0.1) is 0 Å². The van der Waals surface area contributed by atoms with Crippen LogP contribution >= 0.6 is 0 Å². The molecule has 1 N–H and O–H groups in total. The highest BCUT2D eigenvalue weighted by atomic mass is 16.4. The van der Waals surface area contributed by atoms with Gasteiger partial charge in [0.1, 0.15) is 0 Å². The van der Waals surface area contributed by atoms with Crippen molar-refractivity contribution in [3.63, 3.8) is 0 Å². The minimum Gasteiger partial charge on any atom is -0.465 e. The number of fused-ring (bicyclic) bond motifs is 1. The molecule has 66 valence electrons. The van der Waals surface area contributed by atoms with E-state index in [-0.39, 0.29) is 11.8 Å². The molecule has 0 bridgehead atoms. The molecule has 12 heavy (non-hydrogen) atoms. The lowest BCUT2D eigenvalue weighted by Crippen LogP contribution is -2.63. The Labute approximate surface area is 70.2 Å². The number of rotatable bonds is 0. The third-order valence-electron chi connectivity index (χ3n) is 2.79. The number of amides is 1. The summed E-state index contributed by atoms with van der Waals surface area (Å²) in [5.41, 5.74) is 0. The lowest BCUT2D eigenvalue weighted by molar-refractivity contribution is -0.135. The molecule has 0 aromatic heterocycles. The third kappa shape index (κ3) is 0.906. The molecule has 1 amide bonds. The Morgan fingerprint density at radius 2 is 2.33 bits per heavy atom. The van der Waals surface area contributed by atoms with E-state index in [1.165, 1.54) is 4.90 Å². The summed E-state index contributed by atoms with van der Waals surface area (Å²) in [5.74, 6) is 0.433. The molecule has 4 nitrogen and oxygen atoms in total. The third-order valence-corrected chi connectivity index (χ3v) is 2.79. The van der Waals surface area contributed by atoms with E-state index < -0.39 is 6.09 Å². The molecular weight excluding hydrogens is 158 g/mol. The van der Waals surface area contributed by atoms with Crippen LogP contribution in [0.1, 0.15) is 19.3 Å². The first-order valence-corrected chi connectivity index (χ1v) is 4.22. The van der Waals surface area contributed by atoms with Crippen molar-refractivity contribution in [3.05, 3.63) is 0 Å². The van der Waals surface area contributed by atoms with Gasteiger partial charge in [-0.2, -0.15) is 0 Å². The van der Waals surface area contributed by atoms with E-state index >= 15 is 0 Å². The van der Waals surface area contributed by atoms with E-state index in [4.69, 9.17) is 5.11 Å². The zero-order valence-corrected chi connectivity index (χ0v) is 6.69. The van der Waals surface area contributed by atoms with Gasteiger partial charge in [0.15, 0.2) is 5.78 Å². The van der Waals surface area contributed by atoms with Gasteiger partial charge in [-0.1, -0.05) is 0 Å². The Hall–Kier alpha value is -1.06. The van der Waals surface area contributed by atoms with E-state index in [1.807, 2.05) is 0 Å². The number of carboxylic acid groups (broad SMARTS) is 1. The smallest absolute Gasteiger partial charge is 0.407 e. The van der Waals surface area contributed by atoms with Crippen molar-refractivity contribution in [2.24, 2.45) is 5.92 Å². The van der Waals surface area contributed by atoms with Crippen LogP contribution in [0.5, 0.6) is 0 Å². The molecule has 1 aliphatic heterocycles. The monoisotopic (exact) mass is 169 g/mol. The fourth-order valence-electron chi connectivity index (χ4n) is 2.15. The van der Waals surface area contributed by atoms with Crippen LogP contribution in [0.4, 0.5) is 4.79 Å². The number of hydrogen-bond acceptors (Lipinski definition) is 2. The lowest BCUT2D eigenvalue weighted by Gasteiger charge is -2.47. The Bertz CT molecular complexity index is 238. The summed E-state index contributed by atoms with van der Waals surface area (Å²) in [5, 5.41) is 8.66. The molecule has 2 aliphatic rings. The summed E-state index contributed by atoms with van der Waals surface area (Å²) < 4.78 is 0. The topological polar surface area (TPSA) is 57.6 Å². The number of hydrogen-bond donors (Lipinski definition) is 1. The molecular formula is C8H11NO3. The Balaban J connectivity index is 2.08. The molecule has 0 unspecified atom stereocenters. The molecule has 0 aromatic carbocycles. The molecule has 0 aromatic rings. The van der Waals surface area contributed by atoms with Gasteiger partial charge >= 0.3 is 6.09 Å². The van der Waals surface area contributed by atoms with Crippen LogP contribution in [0, 0.1) is 5.92 Å². The second-order valence-electron chi connectivity index (χ2n) is 3.50. The highest BCUT2D eigenvalue weighted by Gasteiger charge is 2.47. The quantitative estimate of drug-likeness (QED) is 0.581. The number of likely N-dealkylation sites (tertiary alicyclic amines) is 1. The average molecular weight is 169 g/mol. The van der Waals surface area contributed by atoms with Crippen LogP contribution in [0.3, 0.4) is 0 Å². The number of carbonyl (C=O) groups is 2. The fourth-order valence-corrected chi connectivity index (χ4v) is 2.15. The molecule has 1 aliphatic carbocycles. The second kappa shape index (κ2) is 2.47. The van der Waals surface area contributed by atoms with Crippen LogP contribution in [-0.2, 0) is 4.79 Å². The fraction of sp³-hybridized carbons (Fsp3) is 0.750. The molecule has 1 heterocycles. The van der Waals surface area contributed by atoms with Crippen molar-refractivity contribution in [2.75, 3.05) is 6.54 Å². The summed E-state index contributed by atoms with van der Waals surface area (Å²) >= 11 is 0. The number of nitrogens with zero attached hydrogens (tertiary/aromatic N) is 1. The maximum absolute atomic E-state index is 11.3. The van der Waals surface area contributed by atoms with Gasteiger partial charge in [0.2, 0.25) is 0 Å². The highest BCUT2D eigenvalue weighted by Crippen LogP contribution is 2.34. The first-order valence-electron chi connectivity index (χ1n) is 4.22. The van der Waals surface area contributed by atoms with Crippen molar-refractivity contribution >= 4 is 11.9 Å². The summed E-state index contributed by atoms with van der Waals surface area (Å²) in [6.45, 7) is 0.561. The molecule has 0 spiro atoms. The zero-order chi connectivity index (χ0) is 8.72. The number of ketones is 1. The minimum absolute atomic E-state index is 0.111. The summed E-state index contributed by atoms with van der Waals surface area (Å²) in [6.07, 6.45) is 1.56. The zero-order valence-electron chi connectivity index (χ0n) is 6.69. The molecule has 2 rings (SSSR count). The maximum Gasteiger partial charge on any atom is 0.407 e. The predicted octanol–water partition coefficient (Wildman–Crippen LogP) is 0.718.